The van der Waals surface area contributed by atoms with E-state index in [1.165, 1.54) is 21.1 Å². The van der Waals surface area contributed by atoms with E-state index in [1.54, 1.807) is 24.3 Å². The van der Waals surface area contributed by atoms with E-state index in [2.05, 4.69) is 20.4 Å². The molecule has 30 heavy (non-hydrogen) atoms. The molecule has 1 aliphatic heterocycles. The van der Waals surface area contributed by atoms with Crippen LogP contribution in [0.4, 0.5) is 4.39 Å². The molecule has 1 aliphatic rings. The van der Waals surface area contributed by atoms with Gasteiger partial charge in [0.25, 0.3) is 0 Å². The summed E-state index contributed by atoms with van der Waals surface area (Å²) >= 11 is 0. The second-order valence-electron chi connectivity index (χ2n) is 7.41. The summed E-state index contributed by atoms with van der Waals surface area (Å²) in [4.78, 5) is 2.42. The number of piperazine rings is 1. The minimum Gasteiger partial charge on any atom is -0.293 e. The molecule has 0 aliphatic carbocycles. The largest absolute Gasteiger partial charge is 0.293 e. The van der Waals surface area contributed by atoms with E-state index < -0.39 is 10.0 Å². The molecule has 4 rings (SSSR count). The zero-order valence-corrected chi connectivity index (χ0v) is 17.7. The fraction of sp³-hybridized carbons (Fsp3) is 0.350. The number of tetrazole rings is 1. The second-order valence-corrected chi connectivity index (χ2v) is 9.35. The number of benzene rings is 2. The maximum atomic E-state index is 13.5. The Kier molecular flexibility index (Phi) is 5.63. The van der Waals surface area contributed by atoms with E-state index in [0.29, 0.717) is 49.1 Å². The molecule has 0 bridgehead atoms. The quantitative estimate of drug-likeness (QED) is 0.615. The molecule has 2 aromatic carbocycles. The van der Waals surface area contributed by atoms with Crippen molar-refractivity contribution in [1.82, 2.24) is 29.4 Å². The van der Waals surface area contributed by atoms with Crippen LogP contribution >= 0.6 is 0 Å². The summed E-state index contributed by atoms with van der Waals surface area (Å²) in [6.45, 7) is 6.20. The number of hydrogen-bond acceptors (Lipinski definition) is 6. The number of rotatable bonds is 5. The SMILES string of the molecule is Cc1ccc(S(=O)(=O)N2CCN(Cc3nnnn3-c3cccc(F)c3)CC2)cc1C. The lowest BCUT2D eigenvalue weighted by atomic mass is 10.1. The molecular weight excluding hydrogens is 407 g/mol. The first-order valence-corrected chi connectivity index (χ1v) is 11.1. The Morgan fingerprint density at radius 2 is 1.77 bits per heavy atom. The Bertz CT molecular complexity index is 1160. The van der Waals surface area contributed by atoms with Crippen LogP contribution in [0.15, 0.2) is 47.4 Å². The van der Waals surface area contributed by atoms with Crippen molar-refractivity contribution in [3.63, 3.8) is 0 Å². The highest BCUT2D eigenvalue weighted by atomic mass is 32.2. The van der Waals surface area contributed by atoms with Gasteiger partial charge in [0.1, 0.15) is 5.82 Å². The lowest BCUT2D eigenvalue weighted by Gasteiger charge is -2.33. The zero-order valence-electron chi connectivity index (χ0n) is 16.9. The van der Waals surface area contributed by atoms with E-state index in [4.69, 9.17) is 0 Å². The van der Waals surface area contributed by atoms with Crippen LogP contribution in [0, 0.1) is 19.7 Å². The summed E-state index contributed by atoms with van der Waals surface area (Å²) in [6, 6.07) is 11.3. The highest BCUT2D eigenvalue weighted by Crippen LogP contribution is 2.21. The number of nitrogens with zero attached hydrogens (tertiary/aromatic N) is 6. The van der Waals surface area contributed by atoms with Crippen LogP contribution in [-0.2, 0) is 16.6 Å². The lowest BCUT2D eigenvalue weighted by molar-refractivity contribution is 0.177. The summed E-state index contributed by atoms with van der Waals surface area (Å²) in [6.07, 6.45) is 0. The first-order chi connectivity index (χ1) is 14.3. The molecule has 2 heterocycles. The predicted octanol–water partition coefficient (Wildman–Crippen LogP) is 1.92. The zero-order chi connectivity index (χ0) is 21.3. The molecule has 8 nitrogen and oxygen atoms in total. The van der Waals surface area contributed by atoms with Crippen molar-refractivity contribution in [2.75, 3.05) is 26.2 Å². The standard InChI is InChI=1S/C20H23FN6O2S/c1-15-6-7-19(12-16(15)2)30(28,29)26-10-8-25(9-11-26)14-20-22-23-24-27(20)18-5-3-4-17(21)13-18/h3-7,12-13H,8-11,14H2,1-2H3. The van der Waals surface area contributed by atoms with Gasteiger partial charge in [-0.1, -0.05) is 12.1 Å². The maximum absolute atomic E-state index is 13.5. The Morgan fingerprint density at radius 3 is 2.47 bits per heavy atom. The number of halogens is 1. The van der Waals surface area contributed by atoms with Crippen molar-refractivity contribution in [3.05, 3.63) is 65.2 Å². The summed E-state index contributed by atoms with van der Waals surface area (Å²) in [5, 5.41) is 11.7. The molecule has 1 fully saturated rings. The fourth-order valence-electron chi connectivity index (χ4n) is 3.46. The molecule has 0 amide bonds. The molecule has 0 unspecified atom stereocenters. The molecule has 0 radical (unpaired) electrons. The van der Waals surface area contributed by atoms with Crippen molar-refractivity contribution in [2.24, 2.45) is 0 Å². The minimum atomic E-state index is -3.52. The molecule has 3 aromatic rings. The normalized spacial score (nSPS) is 16.1. The number of hydrogen-bond donors (Lipinski definition) is 0. The van der Waals surface area contributed by atoms with Crippen LogP contribution in [0.5, 0.6) is 0 Å². The summed E-state index contributed by atoms with van der Waals surface area (Å²) in [5.41, 5.74) is 2.57. The van der Waals surface area contributed by atoms with Gasteiger partial charge in [0.05, 0.1) is 17.1 Å². The van der Waals surface area contributed by atoms with Gasteiger partial charge in [0.2, 0.25) is 10.0 Å². The predicted molar refractivity (Wildman–Crippen MR) is 109 cm³/mol. The third kappa shape index (κ3) is 4.11. The Balaban J connectivity index is 1.43. The molecule has 10 heteroatoms. The molecule has 1 saturated heterocycles. The molecule has 0 N–H and O–H groups in total. The smallest absolute Gasteiger partial charge is 0.243 e. The summed E-state index contributed by atoms with van der Waals surface area (Å²) in [7, 11) is -3.52. The third-order valence-corrected chi connectivity index (χ3v) is 7.29. The number of aromatic nitrogens is 4. The molecule has 1 aromatic heterocycles. The van der Waals surface area contributed by atoms with Gasteiger partial charge in [-0.15, -0.1) is 5.10 Å². The van der Waals surface area contributed by atoms with Crippen LogP contribution in [-0.4, -0.2) is 64.0 Å². The topological polar surface area (TPSA) is 84.2 Å². The molecular formula is C20H23FN6O2S. The highest BCUT2D eigenvalue weighted by Gasteiger charge is 2.29. The Hall–Kier alpha value is -2.69. The van der Waals surface area contributed by atoms with Crippen molar-refractivity contribution >= 4 is 10.0 Å². The van der Waals surface area contributed by atoms with Gasteiger partial charge in [0, 0.05) is 26.2 Å². The van der Waals surface area contributed by atoms with Gasteiger partial charge in [-0.25, -0.2) is 12.8 Å². The maximum Gasteiger partial charge on any atom is 0.243 e. The Morgan fingerprint density at radius 1 is 1.00 bits per heavy atom. The number of sulfonamides is 1. The van der Waals surface area contributed by atoms with E-state index >= 15 is 0 Å². The van der Waals surface area contributed by atoms with E-state index in [9.17, 15) is 12.8 Å². The van der Waals surface area contributed by atoms with Gasteiger partial charge in [-0.3, -0.25) is 4.90 Å². The van der Waals surface area contributed by atoms with Crippen LogP contribution in [0.1, 0.15) is 17.0 Å². The molecule has 0 atom stereocenters. The molecule has 0 saturated carbocycles. The van der Waals surface area contributed by atoms with Gasteiger partial charge in [-0.05, 0) is 65.7 Å². The van der Waals surface area contributed by atoms with Gasteiger partial charge in [0.15, 0.2) is 5.82 Å². The van der Waals surface area contributed by atoms with Gasteiger partial charge in [-0.2, -0.15) is 8.99 Å². The average Bonchev–Trinajstić information content (AvgIpc) is 3.18. The van der Waals surface area contributed by atoms with Crippen LogP contribution < -0.4 is 0 Å². The second kappa shape index (κ2) is 8.21. The van der Waals surface area contributed by atoms with Crippen molar-refractivity contribution < 1.29 is 12.8 Å². The number of aryl methyl sites for hydroxylation is 2. The van der Waals surface area contributed by atoms with E-state index in [-0.39, 0.29) is 5.82 Å². The summed E-state index contributed by atoms with van der Waals surface area (Å²) < 4.78 is 42.5. The molecule has 158 valence electrons. The molecule has 0 spiro atoms. The lowest BCUT2D eigenvalue weighted by Crippen LogP contribution is -2.48. The van der Waals surface area contributed by atoms with Crippen molar-refractivity contribution in [2.45, 2.75) is 25.3 Å². The minimum absolute atomic E-state index is 0.328. The average molecular weight is 431 g/mol. The van der Waals surface area contributed by atoms with E-state index in [0.717, 1.165) is 11.1 Å². The monoisotopic (exact) mass is 430 g/mol. The van der Waals surface area contributed by atoms with Crippen LogP contribution in [0.3, 0.4) is 0 Å². The van der Waals surface area contributed by atoms with Crippen LogP contribution in [0.2, 0.25) is 0 Å². The van der Waals surface area contributed by atoms with Crippen molar-refractivity contribution in [1.29, 1.82) is 0 Å². The summed E-state index contributed by atoms with van der Waals surface area (Å²) in [5.74, 6) is 0.213. The van der Waals surface area contributed by atoms with Crippen LogP contribution in [0.25, 0.3) is 5.69 Å². The third-order valence-electron chi connectivity index (χ3n) is 5.40. The first kappa shape index (κ1) is 20.6. The van der Waals surface area contributed by atoms with Gasteiger partial charge >= 0.3 is 0 Å². The first-order valence-electron chi connectivity index (χ1n) is 9.67. The van der Waals surface area contributed by atoms with Gasteiger partial charge < -0.3 is 0 Å². The van der Waals surface area contributed by atoms with E-state index in [1.807, 2.05) is 19.9 Å². The van der Waals surface area contributed by atoms with Crippen molar-refractivity contribution in [3.8, 4) is 5.69 Å². The fourth-order valence-corrected chi connectivity index (χ4v) is 4.97. The highest BCUT2D eigenvalue weighted by molar-refractivity contribution is 7.89. The Labute approximate surface area is 175 Å².